The fraction of sp³-hybridized carbons (Fsp3) is 0.684. The highest BCUT2D eigenvalue weighted by Crippen LogP contribution is 2.42. The maximum Gasteiger partial charge on any atom is 0.387 e. The molecule has 3 heterocycles. The number of rotatable bonds is 6. The number of hydrogen-bond acceptors (Lipinski definition) is 5. The lowest BCUT2D eigenvalue weighted by molar-refractivity contribution is -0.0498. The largest absolute Gasteiger partial charge is 0.435 e. The first kappa shape index (κ1) is 20.0. The Balaban J connectivity index is 1.44. The zero-order valence-corrected chi connectivity index (χ0v) is 16.5. The van der Waals surface area contributed by atoms with Crippen LogP contribution in [-0.2, 0) is 14.8 Å². The first-order valence-electron chi connectivity index (χ1n) is 9.82. The summed E-state index contributed by atoms with van der Waals surface area (Å²) in [5.74, 6) is 0.463. The molecule has 0 aliphatic carbocycles. The van der Waals surface area contributed by atoms with Gasteiger partial charge in [-0.2, -0.15) is 13.1 Å². The van der Waals surface area contributed by atoms with E-state index in [2.05, 4.69) is 9.64 Å². The van der Waals surface area contributed by atoms with Gasteiger partial charge in [-0.15, -0.1) is 0 Å². The zero-order chi connectivity index (χ0) is 19.7. The molecule has 3 saturated heterocycles. The summed E-state index contributed by atoms with van der Waals surface area (Å²) in [5.41, 5.74) is 0. The van der Waals surface area contributed by atoms with Gasteiger partial charge in [0.05, 0.1) is 18.1 Å². The van der Waals surface area contributed by atoms with Crippen LogP contribution in [0.3, 0.4) is 0 Å². The molecule has 1 aromatic carbocycles. The maximum absolute atomic E-state index is 13.2. The SMILES string of the molecule is O=S(=O)(c1ccc(OC(F)F)cc1)N1[C@@H]2CC[C@H]1CC(CN1CCOCC1)C2. The Bertz CT molecular complexity index is 755. The minimum atomic E-state index is -3.64. The van der Waals surface area contributed by atoms with E-state index in [1.807, 2.05) is 0 Å². The highest BCUT2D eigenvalue weighted by Gasteiger charge is 2.47. The first-order valence-corrected chi connectivity index (χ1v) is 11.3. The molecule has 0 radical (unpaired) electrons. The van der Waals surface area contributed by atoms with Crippen LogP contribution in [0.4, 0.5) is 8.78 Å². The molecule has 0 N–H and O–H groups in total. The number of benzene rings is 1. The Morgan fingerprint density at radius 1 is 1.07 bits per heavy atom. The van der Waals surface area contributed by atoms with Crippen molar-refractivity contribution in [2.45, 2.75) is 49.3 Å². The molecule has 1 aromatic rings. The standard InChI is InChI=1S/C19H26F2N2O4S/c20-19(21)27-17-3-5-18(6-4-17)28(24,25)23-15-1-2-16(23)12-14(11-15)13-22-7-9-26-10-8-22/h3-6,14-16,19H,1-2,7-13H2/t14?,15-,16+. The first-order chi connectivity index (χ1) is 13.4. The number of morpholine rings is 1. The van der Waals surface area contributed by atoms with Crippen LogP contribution in [0.15, 0.2) is 29.2 Å². The number of halogens is 2. The molecule has 0 saturated carbocycles. The minimum absolute atomic E-state index is 0.0202. The van der Waals surface area contributed by atoms with Crippen molar-refractivity contribution in [3.63, 3.8) is 0 Å². The lowest BCUT2D eigenvalue weighted by Gasteiger charge is -2.40. The van der Waals surface area contributed by atoms with Crippen molar-refractivity contribution in [1.82, 2.24) is 9.21 Å². The molecule has 0 amide bonds. The molecule has 4 rings (SSSR count). The molecule has 28 heavy (non-hydrogen) atoms. The lowest BCUT2D eigenvalue weighted by Crippen LogP contribution is -2.49. The Morgan fingerprint density at radius 2 is 1.68 bits per heavy atom. The van der Waals surface area contributed by atoms with Crippen molar-refractivity contribution in [3.05, 3.63) is 24.3 Å². The monoisotopic (exact) mass is 416 g/mol. The average Bonchev–Trinajstić information content (AvgIpc) is 2.95. The summed E-state index contributed by atoms with van der Waals surface area (Å²) in [5, 5.41) is 0. The van der Waals surface area contributed by atoms with Crippen LogP contribution in [0.5, 0.6) is 5.75 Å². The molecular formula is C19H26F2N2O4S. The van der Waals surface area contributed by atoms with Crippen LogP contribution in [0.1, 0.15) is 25.7 Å². The quantitative estimate of drug-likeness (QED) is 0.713. The Labute approximate surface area is 164 Å². The molecular weight excluding hydrogens is 390 g/mol. The van der Waals surface area contributed by atoms with Crippen molar-refractivity contribution in [3.8, 4) is 5.75 Å². The van der Waals surface area contributed by atoms with Gasteiger partial charge in [-0.05, 0) is 55.9 Å². The van der Waals surface area contributed by atoms with Gasteiger partial charge in [0.1, 0.15) is 5.75 Å². The second-order valence-corrected chi connectivity index (χ2v) is 9.66. The van der Waals surface area contributed by atoms with Crippen molar-refractivity contribution in [1.29, 1.82) is 0 Å². The molecule has 6 nitrogen and oxygen atoms in total. The zero-order valence-electron chi connectivity index (χ0n) is 15.7. The molecule has 3 atom stereocenters. The van der Waals surface area contributed by atoms with E-state index in [1.54, 1.807) is 4.31 Å². The van der Waals surface area contributed by atoms with E-state index < -0.39 is 16.6 Å². The normalized spacial score (nSPS) is 29.3. The predicted octanol–water partition coefficient (Wildman–Crippen LogP) is 2.55. The fourth-order valence-corrected chi connectivity index (χ4v) is 6.74. The highest BCUT2D eigenvalue weighted by molar-refractivity contribution is 7.89. The second-order valence-electron chi connectivity index (χ2n) is 7.82. The summed E-state index contributed by atoms with van der Waals surface area (Å²) in [6.07, 6.45) is 3.52. The van der Waals surface area contributed by atoms with E-state index in [0.717, 1.165) is 58.5 Å². The third-order valence-corrected chi connectivity index (χ3v) is 8.03. The molecule has 156 valence electrons. The number of alkyl halides is 2. The Hall–Kier alpha value is -1.29. The van der Waals surface area contributed by atoms with Crippen LogP contribution in [0.2, 0.25) is 0 Å². The lowest BCUT2D eigenvalue weighted by atomic mass is 9.92. The fourth-order valence-electron chi connectivity index (χ4n) is 4.85. The number of sulfonamides is 1. The summed E-state index contributed by atoms with van der Waals surface area (Å²) in [7, 11) is -3.64. The summed E-state index contributed by atoms with van der Waals surface area (Å²) < 4.78 is 62.4. The van der Waals surface area contributed by atoms with Gasteiger partial charge in [-0.3, -0.25) is 4.90 Å². The summed E-state index contributed by atoms with van der Waals surface area (Å²) in [6.45, 7) is 1.51. The third kappa shape index (κ3) is 4.17. The van der Waals surface area contributed by atoms with Gasteiger partial charge in [0, 0.05) is 31.7 Å². The number of piperidine rings is 1. The van der Waals surface area contributed by atoms with E-state index in [1.165, 1.54) is 24.3 Å². The van der Waals surface area contributed by atoms with Gasteiger partial charge in [0.25, 0.3) is 0 Å². The van der Waals surface area contributed by atoms with Crippen LogP contribution in [-0.4, -0.2) is 69.2 Å². The third-order valence-electron chi connectivity index (χ3n) is 6.01. The Morgan fingerprint density at radius 3 is 2.25 bits per heavy atom. The number of ether oxygens (including phenoxy) is 2. The average molecular weight is 416 g/mol. The van der Waals surface area contributed by atoms with E-state index >= 15 is 0 Å². The molecule has 0 aromatic heterocycles. The summed E-state index contributed by atoms with van der Waals surface area (Å²) in [6, 6.07) is 5.32. The molecule has 3 aliphatic rings. The van der Waals surface area contributed by atoms with Gasteiger partial charge in [0.15, 0.2) is 0 Å². The van der Waals surface area contributed by atoms with Gasteiger partial charge in [-0.25, -0.2) is 8.42 Å². The van der Waals surface area contributed by atoms with Gasteiger partial charge in [0.2, 0.25) is 10.0 Å². The summed E-state index contributed by atoms with van der Waals surface area (Å²) >= 11 is 0. The summed E-state index contributed by atoms with van der Waals surface area (Å²) in [4.78, 5) is 2.55. The van der Waals surface area contributed by atoms with Crippen molar-refractivity contribution in [2.75, 3.05) is 32.8 Å². The van der Waals surface area contributed by atoms with Gasteiger partial charge >= 0.3 is 6.61 Å². The van der Waals surface area contributed by atoms with E-state index in [4.69, 9.17) is 4.74 Å². The Kier molecular flexibility index (Phi) is 5.87. The molecule has 9 heteroatoms. The number of fused-ring (bicyclic) bond motifs is 2. The van der Waals surface area contributed by atoms with Crippen molar-refractivity contribution in [2.24, 2.45) is 5.92 Å². The predicted molar refractivity (Wildman–Crippen MR) is 98.9 cm³/mol. The minimum Gasteiger partial charge on any atom is -0.435 e. The van der Waals surface area contributed by atoms with Crippen LogP contribution < -0.4 is 4.74 Å². The van der Waals surface area contributed by atoms with Crippen LogP contribution in [0.25, 0.3) is 0 Å². The van der Waals surface area contributed by atoms with E-state index in [9.17, 15) is 17.2 Å². The van der Waals surface area contributed by atoms with E-state index in [0.29, 0.717) is 5.92 Å². The van der Waals surface area contributed by atoms with Gasteiger partial charge in [-0.1, -0.05) is 0 Å². The van der Waals surface area contributed by atoms with Crippen LogP contribution in [0, 0.1) is 5.92 Å². The molecule has 2 bridgehead atoms. The molecule has 3 aliphatic heterocycles. The second kappa shape index (κ2) is 8.22. The van der Waals surface area contributed by atoms with Crippen molar-refractivity contribution >= 4 is 10.0 Å². The number of hydrogen-bond donors (Lipinski definition) is 0. The maximum atomic E-state index is 13.2. The van der Waals surface area contributed by atoms with Crippen molar-refractivity contribution < 1.29 is 26.7 Å². The smallest absolute Gasteiger partial charge is 0.387 e. The number of nitrogens with zero attached hydrogens (tertiary/aromatic N) is 2. The topological polar surface area (TPSA) is 59.1 Å². The van der Waals surface area contributed by atoms with E-state index in [-0.39, 0.29) is 22.7 Å². The molecule has 3 fully saturated rings. The van der Waals surface area contributed by atoms with Gasteiger partial charge < -0.3 is 9.47 Å². The van der Waals surface area contributed by atoms with Crippen LogP contribution >= 0.6 is 0 Å². The molecule has 1 unspecified atom stereocenters. The molecule has 0 spiro atoms. The highest BCUT2D eigenvalue weighted by atomic mass is 32.2.